The Bertz CT molecular complexity index is 1120. The number of nitrogens with one attached hydrogen (secondary N) is 1. The molecule has 3 nitrogen and oxygen atoms in total. The van der Waals surface area contributed by atoms with E-state index in [1.807, 2.05) is 60.7 Å². The van der Waals surface area contributed by atoms with Crippen LogP contribution in [0.1, 0.15) is 16.6 Å². The summed E-state index contributed by atoms with van der Waals surface area (Å²) in [5.41, 5.74) is 4.97. The van der Waals surface area contributed by atoms with E-state index in [0.29, 0.717) is 5.02 Å². The average Bonchev–Trinajstić information content (AvgIpc) is 3.11. The van der Waals surface area contributed by atoms with Crippen LogP contribution in [-0.2, 0) is 0 Å². The van der Waals surface area contributed by atoms with E-state index in [1.54, 1.807) is 11.8 Å². The van der Waals surface area contributed by atoms with Crippen LogP contribution in [0.2, 0.25) is 5.02 Å². The number of nitrogens with zero attached hydrogens (tertiary/aromatic N) is 2. The van der Waals surface area contributed by atoms with Crippen molar-refractivity contribution in [1.29, 1.82) is 0 Å². The summed E-state index contributed by atoms with van der Waals surface area (Å²) in [6, 6.07) is 24.1. The maximum absolute atomic E-state index is 6.24. The van der Waals surface area contributed by atoms with Crippen molar-refractivity contribution in [2.45, 2.75) is 10.1 Å². The van der Waals surface area contributed by atoms with Crippen molar-refractivity contribution in [2.24, 2.45) is 4.99 Å². The lowest BCUT2D eigenvalue weighted by molar-refractivity contribution is 1.06. The Morgan fingerprint density at radius 1 is 0.923 bits per heavy atom. The maximum atomic E-state index is 6.24. The minimum absolute atomic E-state index is 0.0178. The molecule has 0 saturated carbocycles. The molecule has 1 atom stereocenters. The van der Waals surface area contributed by atoms with Crippen LogP contribution in [0.15, 0.2) is 82.7 Å². The summed E-state index contributed by atoms with van der Waals surface area (Å²) in [5, 5.41) is 0.688. The normalized spacial score (nSPS) is 16.3. The number of H-pyrrole nitrogens is 1. The highest BCUT2D eigenvalue weighted by molar-refractivity contribution is 8.00. The van der Waals surface area contributed by atoms with Gasteiger partial charge in [-0.3, -0.25) is 0 Å². The third-order valence-electron chi connectivity index (χ3n) is 4.38. The van der Waals surface area contributed by atoms with Crippen molar-refractivity contribution < 1.29 is 0 Å². The molecule has 3 aromatic carbocycles. The van der Waals surface area contributed by atoms with E-state index in [2.05, 4.69) is 17.1 Å². The molecule has 1 aliphatic rings. The zero-order valence-electron chi connectivity index (χ0n) is 13.7. The molecule has 5 rings (SSSR count). The van der Waals surface area contributed by atoms with Gasteiger partial charge >= 0.3 is 0 Å². The molecule has 1 N–H and O–H groups in total. The van der Waals surface area contributed by atoms with Crippen LogP contribution in [0.25, 0.3) is 11.0 Å². The fourth-order valence-corrected chi connectivity index (χ4v) is 4.53. The zero-order chi connectivity index (χ0) is 17.5. The largest absolute Gasteiger partial charge is 0.341 e. The molecule has 1 aliphatic heterocycles. The van der Waals surface area contributed by atoms with Gasteiger partial charge in [-0.2, -0.15) is 0 Å². The summed E-state index contributed by atoms with van der Waals surface area (Å²) in [6.45, 7) is 0. The van der Waals surface area contributed by atoms with E-state index in [1.165, 1.54) is 0 Å². The van der Waals surface area contributed by atoms with Crippen molar-refractivity contribution >= 4 is 45.8 Å². The maximum Gasteiger partial charge on any atom is 0.126 e. The number of hydrogen-bond donors (Lipinski definition) is 1. The molecule has 0 spiro atoms. The van der Waals surface area contributed by atoms with Gasteiger partial charge in [-0.05, 0) is 42.0 Å². The molecular formula is C21H14ClN3S. The van der Waals surface area contributed by atoms with Crippen LogP contribution in [0.5, 0.6) is 0 Å². The van der Waals surface area contributed by atoms with Crippen LogP contribution >= 0.6 is 23.4 Å². The second-order valence-corrected chi connectivity index (χ2v) is 7.70. The summed E-state index contributed by atoms with van der Waals surface area (Å²) in [4.78, 5) is 14.4. The van der Waals surface area contributed by atoms with E-state index in [4.69, 9.17) is 21.6 Å². The topological polar surface area (TPSA) is 41.0 Å². The Kier molecular flexibility index (Phi) is 3.80. The molecule has 0 amide bonds. The highest BCUT2D eigenvalue weighted by Crippen LogP contribution is 2.46. The lowest BCUT2D eigenvalue weighted by atomic mass is 10.1. The molecule has 0 radical (unpaired) electrons. The molecule has 0 fully saturated rings. The first-order valence-corrected chi connectivity index (χ1v) is 9.58. The van der Waals surface area contributed by atoms with E-state index in [0.717, 1.165) is 38.7 Å². The van der Waals surface area contributed by atoms with Gasteiger partial charge in [0.05, 0.1) is 22.4 Å². The van der Waals surface area contributed by atoms with Crippen LogP contribution < -0.4 is 0 Å². The molecule has 1 unspecified atom stereocenters. The first-order chi connectivity index (χ1) is 12.8. The molecule has 2 heterocycles. The number of para-hydroxylation sites is 3. The van der Waals surface area contributed by atoms with Crippen LogP contribution in [-0.4, -0.2) is 15.7 Å². The monoisotopic (exact) mass is 375 g/mol. The van der Waals surface area contributed by atoms with Gasteiger partial charge in [-0.1, -0.05) is 48.0 Å². The lowest BCUT2D eigenvalue weighted by Crippen LogP contribution is -2.15. The van der Waals surface area contributed by atoms with Gasteiger partial charge in [-0.25, -0.2) is 9.98 Å². The number of benzene rings is 3. The SMILES string of the molecule is Clc1cccc(C2=Nc3ccccc3SC2c2nc3ccccc3[nH]2)c1. The van der Waals surface area contributed by atoms with Gasteiger partial charge in [-0.15, -0.1) is 11.8 Å². The van der Waals surface area contributed by atoms with E-state index >= 15 is 0 Å². The zero-order valence-corrected chi connectivity index (χ0v) is 15.3. The van der Waals surface area contributed by atoms with Crippen molar-refractivity contribution in [2.75, 3.05) is 0 Å². The van der Waals surface area contributed by atoms with Gasteiger partial charge in [0, 0.05) is 9.92 Å². The minimum Gasteiger partial charge on any atom is -0.341 e. The molecular weight excluding hydrogens is 362 g/mol. The number of aliphatic imine (C=N–C) groups is 1. The number of rotatable bonds is 2. The highest BCUT2D eigenvalue weighted by atomic mass is 35.5. The third kappa shape index (κ3) is 2.71. The molecule has 4 aromatic rings. The Morgan fingerprint density at radius 2 is 1.77 bits per heavy atom. The standard InChI is InChI=1S/C21H14ClN3S/c22-14-7-5-6-13(12-14)19-20(26-18-11-4-3-10-17(18)23-19)21-24-15-8-1-2-9-16(15)25-21/h1-12,20H,(H,24,25). The lowest BCUT2D eigenvalue weighted by Gasteiger charge is -2.23. The average molecular weight is 376 g/mol. The Balaban J connectivity index is 1.69. The van der Waals surface area contributed by atoms with Gasteiger partial charge in [0.2, 0.25) is 0 Å². The number of thioether (sulfide) groups is 1. The molecule has 1 aromatic heterocycles. The highest BCUT2D eigenvalue weighted by Gasteiger charge is 2.29. The number of aromatic amines is 1. The van der Waals surface area contributed by atoms with Gasteiger partial charge in [0.1, 0.15) is 11.1 Å². The fraction of sp³-hybridized carbons (Fsp3) is 0.0476. The first kappa shape index (κ1) is 15.7. The Morgan fingerprint density at radius 3 is 2.65 bits per heavy atom. The smallest absolute Gasteiger partial charge is 0.126 e. The quantitative estimate of drug-likeness (QED) is 0.454. The Labute approximate surface area is 160 Å². The molecule has 26 heavy (non-hydrogen) atoms. The van der Waals surface area contributed by atoms with Crippen molar-refractivity contribution in [3.05, 3.63) is 89.2 Å². The summed E-state index contributed by atoms with van der Waals surface area (Å²) in [5.74, 6) is 0.907. The summed E-state index contributed by atoms with van der Waals surface area (Å²) < 4.78 is 0. The van der Waals surface area contributed by atoms with E-state index in [9.17, 15) is 0 Å². The summed E-state index contributed by atoms with van der Waals surface area (Å²) in [6.07, 6.45) is 0. The third-order valence-corrected chi connectivity index (χ3v) is 5.89. The van der Waals surface area contributed by atoms with Crippen LogP contribution in [0.3, 0.4) is 0 Å². The van der Waals surface area contributed by atoms with Gasteiger partial charge in [0.15, 0.2) is 0 Å². The summed E-state index contributed by atoms with van der Waals surface area (Å²) >= 11 is 8.00. The van der Waals surface area contributed by atoms with Crippen molar-refractivity contribution in [1.82, 2.24) is 9.97 Å². The predicted molar refractivity (Wildman–Crippen MR) is 109 cm³/mol. The number of hydrogen-bond acceptors (Lipinski definition) is 3. The van der Waals surface area contributed by atoms with Crippen molar-refractivity contribution in [3.8, 4) is 0 Å². The van der Waals surface area contributed by atoms with E-state index < -0.39 is 0 Å². The predicted octanol–water partition coefficient (Wildman–Crippen LogP) is 6.18. The molecule has 0 aliphatic carbocycles. The number of aromatic nitrogens is 2. The molecule has 5 heteroatoms. The second-order valence-electron chi connectivity index (χ2n) is 6.11. The van der Waals surface area contributed by atoms with Crippen LogP contribution in [0, 0.1) is 0 Å². The number of fused-ring (bicyclic) bond motifs is 2. The van der Waals surface area contributed by atoms with Crippen LogP contribution in [0.4, 0.5) is 5.69 Å². The van der Waals surface area contributed by atoms with Crippen molar-refractivity contribution in [3.63, 3.8) is 0 Å². The fourth-order valence-electron chi connectivity index (χ4n) is 3.17. The molecule has 126 valence electrons. The first-order valence-electron chi connectivity index (χ1n) is 8.33. The number of imidazole rings is 1. The van der Waals surface area contributed by atoms with Gasteiger partial charge < -0.3 is 4.98 Å². The van der Waals surface area contributed by atoms with E-state index in [-0.39, 0.29) is 5.25 Å². The molecule has 0 bridgehead atoms. The minimum atomic E-state index is -0.0178. The van der Waals surface area contributed by atoms with Gasteiger partial charge in [0.25, 0.3) is 0 Å². The molecule has 0 saturated heterocycles. The number of halogens is 1. The Hall–Kier alpha value is -2.56. The summed E-state index contributed by atoms with van der Waals surface area (Å²) in [7, 11) is 0. The second kappa shape index (κ2) is 6.31.